The number of carboxylic acid groups (broad SMARTS) is 1. The molecule has 2 aliphatic heterocycles. The van der Waals surface area contributed by atoms with Crippen molar-refractivity contribution in [2.45, 2.75) is 76.2 Å². The van der Waals surface area contributed by atoms with Crippen LogP contribution in [0.1, 0.15) is 73.2 Å². The minimum Gasteiger partial charge on any atom is -0.481 e. The second-order valence-electron chi connectivity index (χ2n) is 10.4. The number of hydrogen-bond acceptors (Lipinski definition) is 7. The molecular formula is C30H40N2O7. The van der Waals surface area contributed by atoms with E-state index in [4.69, 9.17) is 19.3 Å². The number of aliphatic hydroxyl groups excluding tert-OH is 1. The molecule has 0 saturated carbocycles. The lowest BCUT2D eigenvalue weighted by atomic mass is 9.99. The van der Waals surface area contributed by atoms with Gasteiger partial charge < -0.3 is 29.7 Å². The molecule has 4 atom stereocenters. The molecule has 2 aliphatic rings. The smallest absolute Gasteiger partial charge is 0.303 e. The topological polar surface area (TPSA) is 118 Å². The van der Waals surface area contributed by atoms with Crippen LogP contribution in [-0.4, -0.2) is 65.9 Å². The van der Waals surface area contributed by atoms with Crippen molar-refractivity contribution in [3.63, 3.8) is 0 Å². The van der Waals surface area contributed by atoms with Crippen molar-refractivity contribution in [3.05, 3.63) is 70.8 Å². The minimum absolute atomic E-state index is 0.00511. The van der Waals surface area contributed by atoms with Gasteiger partial charge in [-0.15, -0.1) is 0 Å². The number of carboxylic acids is 1. The van der Waals surface area contributed by atoms with Crippen molar-refractivity contribution in [2.75, 3.05) is 26.8 Å². The standard InChI is InChI=1S/C30H40N2O7/c1-37-20-25-4-3-15-32(25)18-26-16-27(23-11-9-22(19-33)10-12-23)39-30(38-26)24-13-7-21(8-14-24)17-31-28(34)5-2-6-29(35)36/h7-14,25-27,30,33H,2-6,15-20H2,1H3,(H,31,34)(H,35,36). The maximum atomic E-state index is 12.0. The van der Waals surface area contributed by atoms with E-state index in [9.17, 15) is 14.7 Å². The third-order valence-electron chi connectivity index (χ3n) is 7.45. The zero-order chi connectivity index (χ0) is 27.6. The highest BCUT2D eigenvalue weighted by molar-refractivity contribution is 5.76. The molecule has 0 bridgehead atoms. The Morgan fingerprint density at radius 1 is 1.03 bits per heavy atom. The Bertz CT molecular complexity index is 1060. The fourth-order valence-corrected chi connectivity index (χ4v) is 5.29. The summed E-state index contributed by atoms with van der Waals surface area (Å²) in [7, 11) is 1.75. The van der Waals surface area contributed by atoms with Crippen LogP contribution in [0.15, 0.2) is 48.5 Å². The molecule has 3 N–H and O–H groups in total. The van der Waals surface area contributed by atoms with Gasteiger partial charge in [0, 0.05) is 51.1 Å². The molecule has 39 heavy (non-hydrogen) atoms. The largest absolute Gasteiger partial charge is 0.481 e. The monoisotopic (exact) mass is 540 g/mol. The molecule has 1 amide bonds. The van der Waals surface area contributed by atoms with Crippen LogP contribution in [0.3, 0.4) is 0 Å². The average Bonchev–Trinajstić information content (AvgIpc) is 3.38. The number of nitrogens with one attached hydrogen (secondary N) is 1. The number of nitrogens with zero attached hydrogens (tertiary/aromatic N) is 1. The van der Waals surface area contributed by atoms with Crippen LogP contribution in [-0.2, 0) is 37.0 Å². The molecule has 2 aromatic carbocycles. The molecule has 0 aliphatic carbocycles. The zero-order valence-corrected chi connectivity index (χ0v) is 22.6. The maximum absolute atomic E-state index is 12.0. The van der Waals surface area contributed by atoms with E-state index in [2.05, 4.69) is 10.2 Å². The van der Waals surface area contributed by atoms with Gasteiger partial charge in [0.1, 0.15) is 0 Å². The van der Waals surface area contributed by atoms with Gasteiger partial charge in [0.25, 0.3) is 0 Å². The van der Waals surface area contributed by atoms with Gasteiger partial charge in [0.15, 0.2) is 6.29 Å². The Labute approximate surface area is 230 Å². The number of aliphatic hydroxyl groups is 1. The van der Waals surface area contributed by atoms with E-state index in [-0.39, 0.29) is 37.6 Å². The van der Waals surface area contributed by atoms with Crippen molar-refractivity contribution >= 4 is 11.9 Å². The van der Waals surface area contributed by atoms with Gasteiger partial charge in [-0.05, 0) is 42.5 Å². The number of benzene rings is 2. The van der Waals surface area contributed by atoms with Gasteiger partial charge in [0.05, 0.1) is 25.4 Å². The van der Waals surface area contributed by atoms with Gasteiger partial charge in [-0.3, -0.25) is 14.5 Å². The summed E-state index contributed by atoms with van der Waals surface area (Å²) in [5.41, 5.74) is 3.77. The molecule has 2 saturated heterocycles. The van der Waals surface area contributed by atoms with Crippen molar-refractivity contribution in [1.29, 1.82) is 0 Å². The molecule has 4 unspecified atom stereocenters. The molecule has 2 heterocycles. The van der Waals surface area contributed by atoms with Crippen molar-refractivity contribution in [1.82, 2.24) is 10.2 Å². The van der Waals surface area contributed by atoms with E-state index in [1.54, 1.807) is 7.11 Å². The maximum Gasteiger partial charge on any atom is 0.303 e. The van der Waals surface area contributed by atoms with Crippen LogP contribution in [0.2, 0.25) is 0 Å². The highest BCUT2D eigenvalue weighted by Crippen LogP contribution is 2.38. The van der Waals surface area contributed by atoms with E-state index in [1.165, 1.54) is 0 Å². The number of likely N-dealkylation sites (tertiary alicyclic amines) is 1. The van der Waals surface area contributed by atoms with Gasteiger partial charge in [0.2, 0.25) is 5.91 Å². The highest BCUT2D eigenvalue weighted by atomic mass is 16.7. The third kappa shape index (κ3) is 8.58. The van der Waals surface area contributed by atoms with Crippen molar-refractivity contribution < 1.29 is 34.0 Å². The summed E-state index contributed by atoms with van der Waals surface area (Å²) in [6.45, 7) is 2.94. The lowest BCUT2D eigenvalue weighted by Crippen LogP contribution is -2.42. The molecule has 4 rings (SSSR count). The van der Waals surface area contributed by atoms with Crippen LogP contribution in [0.25, 0.3) is 0 Å². The first-order valence-corrected chi connectivity index (χ1v) is 13.8. The Balaban J connectivity index is 1.41. The molecule has 212 valence electrons. The van der Waals surface area contributed by atoms with Gasteiger partial charge in [-0.1, -0.05) is 48.5 Å². The Morgan fingerprint density at radius 2 is 1.74 bits per heavy atom. The van der Waals surface area contributed by atoms with Crippen LogP contribution in [0.4, 0.5) is 0 Å². The number of hydrogen-bond donors (Lipinski definition) is 3. The summed E-state index contributed by atoms with van der Waals surface area (Å²) >= 11 is 0. The summed E-state index contributed by atoms with van der Waals surface area (Å²) in [6, 6.07) is 16.1. The predicted molar refractivity (Wildman–Crippen MR) is 145 cm³/mol. The molecular weight excluding hydrogens is 500 g/mol. The molecule has 0 radical (unpaired) electrons. The summed E-state index contributed by atoms with van der Waals surface area (Å²) in [6.07, 6.45) is 2.83. The number of carbonyl (C=O) groups excluding carboxylic acids is 1. The second kappa shape index (κ2) is 14.5. The van der Waals surface area contributed by atoms with Crippen LogP contribution in [0.5, 0.6) is 0 Å². The molecule has 2 fully saturated rings. The number of ether oxygens (including phenoxy) is 3. The van der Waals surface area contributed by atoms with E-state index < -0.39 is 12.3 Å². The Kier molecular flexibility index (Phi) is 10.9. The number of amides is 1. The van der Waals surface area contributed by atoms with E-state index in [1.807, 2.05) is 48.5 Å². The molecule has 0 aromatic heterocycles. The first-order chi connectivity index (χ1) is 18.9. The summed E-state index contributed by atoms with van der Waals surface area (Å²) in [4.78, 5) is 25.1. The lowest BCUT2D eigenvalue weighted by molar-refractivity contribution is -0.253. The molecule has 9 nitrogen and oxygen atoms in total. The lowest BCUT2D eigenvalue weighted by Gasteiger charge is -2.38. The van der Waals surface area contributed by atoms with Gasteiger partial charge in [-0.2, -0.15) is 0 Å². The summed E-state index contributed by atoms with van der Waals surface area (Å²) < 4.78 is 18.4. The molecule has 9 heteroatoms. The fourth-order valence-electron chi connectivity index (χ4n) is 5.29. The number of methoxy groups -OCH3 is 1. The zero-order valence-electron chi connectivity index (χ0n) is 22.6. The van der Waals surface area contributed by atoms with Crippen molar-refractivity contribution in [2.24, 2.45) is 0 Å². The first kappa shape index (κ1) is 29.2. The number of carbonyl (C=O) groups is 2. The molecule has 0 spiro atoms. The van der Waals surface area contributed by atoms with Crippen LogP contribution in [0, 0.1) is 0 Å². The summed E-state index contributed by atoms with van der Waals surface area (Å²) in [5.74, 6) is -1.06. The van der Waals surface area contributed by atoms with Crippen molar-refractivity contribution in [3.8, 4) is 0 Å². The van der Waals surface area contributed by atoms with E-state index in [0.717, 1.165) is 61.2 Å². The first-order valence-electron chi connectivity index (χ1n) is 13.8. The predicted octanol–water partition coefficient (Wildman–Crippen LogP) is 3.71. The molecule has 2 aromatic rings. The number of aliphatic carboxylic acids is 1. The van der Waals surface area contributed by atoms with Crippen LogP contribution >= 0.6 is 0 Å². The summed E-state index contributed by atoms with van der Waals surface area (Å²) in [5, 5.41) is 21.0. The Hall–Kier alpha value is -2.82. The highest BCUT2D eigenvalue weighted by Gasteiger charge is 2.35. The number of rotatable bonds is 13. The van der Waals surface area contributed by atoms with E-state index >= 15 is 0 Å². The second-order valence-corrected chi connectivity index (χ2v) is 10.4. The quantitative estimate of drug-likeness (QED) is 0.352. The Morgan fingerprint density at radius 3 is 2.44 bits per heavy atom. The normalized spacial score (nSPS) is 23.5. The average molecular weight is 541 g/mol. The third-order valence-corrected chi connectivity index (χ3v) is 7.45. The van der Waals surface area contributed by atoms with Crippen LogP contribution < -0.4 is 5.32 Å². The van der Waals surface area contributed by atoms with Gasteiger partial charge >= 0.3 is 5.97 Å². The SMILES string of the molecule is COCC1CCCN1CC1CC(c2ccc(CO)cc2)OC(c2ccc(CNC(=O)CCCC(=O)O)cc2)O1. The fraction of sp³-hybridized carbons (Fsp3) is 0.533. The van der Waals surface area contributed by atoms with Gasteiger partial charge in [-0.25, -0.2) is 0 Å². The minimum atomic E-state index is -0.896. The van der Waals surface area contributed by atoms with E-state index in [0.29, 0.717) is 19.0 Å².